The molecule has 0 aliphatic rings. The van der Waals surface area contributed by atoms with E-state index in [1.807, 2.05) is 6.07 Å². The van der Waals surface area contributed by atoms with Crippen LogP contribution in [0.1, 0.15) is 23.0 Å². The number of hydrogen-bond donors (Lipinski definition) is 3. The topological polar surface area (TPSA) is 96.2 Å². The summed E-state index contributed by atoms with van der Waals surface area (Å²) < 4.78 is 1.52. The van der Waals surface area contributed by atoms with E-state index in [0.717, 1.165) is 5.69 Å². The third kappa shape index (κ3) is 3.59. The highest BCUT2D eigenvalue weighted by Gasteiger charge is 2.14. The van der Waals surface area contributed by atoms with Crippen LogP contribution in [0.25, 0.3) is 0 Å². The molecule has 0 atom stereocenters. The number of aryl methyl sites for hydroxylation is 1. The second-order valence-corrected chi connectivity index (χ2v) is 4.55. The highest BCUT2D eigenvalue weighted by Crippen LogP contribution is 2.17. The molecule has 21 heavy (non-hydrogen) atoms. The summed E-state index contributed by atoms with van der Waals surface area (Å²) in [5.74, 6) is -1.15. The Labute approximate surface area is 121 Å². The van der Waals surface area contributed by atoms with Crippen LogP contribution in [-0.4, -0.2) is 26.8 Å². The van der Waals surface area contributed by atoms with E-state index < -0.39 is 5.97 Å². The summed E-state index contributed by atoms with van der Waals surface area (Å²) >= 11 is 0. The predicted molar refractivity (Wildman–Crippen MR) is 78.2 cm³/mol. The number of aromatic carboxylic acids is 1. The number of aromatic nitrogens is 2. The number of hydrogen-bond acceptors (Lipinski definition) is 4. The minimum Gasteiger partial charge on any atom is -0.478 e. The number of nitrogens with one attached hydrogen (secondary N) is 2. The van der Waals surface area contributed by atoms with Crippen molar-refractivity contribution in [2.24, 2.45) is 7.05 Å². The Morgan fingerprint density at radius 1 is 1.33 bits per heavy atom. The molecule has 0 spiro atoms. The summed E-state index contributed by atoms with van der Waals surface area (Å²) in [6, 6.07) is 7.19. The minimum atomic E-state index is -1.01. The van der Waals surface area contributed by atoms with Gasteiger partial charge in [-0.3, -0.25) is 9.48 Å². The molecule has 0 fully saturated rings. The van der Waals surface area contributed by atoms with Crippen molar-refractivity contribution in [1.29, 1.82) is 0 Å². The normalized spacial score (nSPS) is 10.2. The summed E-state index contributed by atoms with van der Waals surface area (Å²) in [6.07, 6.45) is 1.33. The van der Waals surface area contributed by atoms with Crippen molar-refractivity contribution in [2.75, 3.05) is 10.6 Å². The van der Waals surface area contributed by atoms with E-state index in [-0.39, 0.29) is 11.5 Å². The number of carbonyl (C=O) groups is 2. The van der Waals surface area contributed by atoms with E-state index in [1.54, 1.807) is 25.2 Å². The van der Waals surface area contributed by atoms with Crippen LogP contribution in [0.4, 0.5) is 11.4 Å². The molecule has 7 heteroatoms. The highest BCUT2D eigenvalue weighted by atomic mass is 16.4. The average molecular weight is 288 g/mol. The third-order valence-electron chi connectivity index (χ3n) is 2.93. The lowest BCUT2D eigenvalue weighted by molar-refractivity contribution is -0.114. The van der Waals surface area contributed by atoms with Gasteiger partial charge in [-0.1, -0.05) is 6.07 Å². The van der Waals surface area contributed by atoms with Gasteiger partial charge in [-0.2, -0.15) is 5.10 Å². The van der Waals surface area contributed by atoms with Crippen molar-refractivity contribution in [1.82, 2.24) is 9.78 Å². The molecular weight excluding hydrogens is 272 g/mol. The van der Waals surface area contributed by atoms with Crippen molar-refractivity contribution in [2.45, 2.75) is 13.5 Å². The zero-order valence-corrected chi connectivity index (χ0v) is 11.8. The van der Waals surface area contributed by atoms with Crippen LogP contribution in [0.2, 0.25) is 0 Å². The van der Waals surface area contributed by atoms with Crippen molar-refractivity contribution in [3.63, 3.8) is 0 Å². The first-order valence-corrected chi connectivity index (χ1v) is 6.33. The molecule has 2 aromatic rings. The molecule has 0 bridgehead atoms. The summed E-state index contributed by atoms with van der Waals surface area (Å²) in [7, 11) is 1.69. The van der Waals surface area contributed by atoms with Gasteiger partial charge < -0.3 is 15.7 Å². The highest BCUT2D eigenvalue weighted by molar-refractivity contribution is 5.89. The smallest absolute Gasteiger partial charge is 0.339 e. The number of nitrogens with zero attached hydrogens (tertiary/aromatic N) is 2. The van der Waals surface area contributed by atoms with E-state index in [4.69, 9.17) is 5.11 Å². The van der Waals surface area contributed by atoms with Crippen LogP contribution in [0.3, 0.4) is 0 Å². The Morgan fingerprint density at radius 3 is 2.71 bits per heavy atom. The monoisotopic (exact) mass is 288 g/mol. The second kappa shape index (κ2) is 6.08. The van der Waals surface area contributed by atoms with Crippen molar-refractivity contribution < 1.29 is 14.7 Å². The maximum Gasteiger partial charge on any atom is 0.339 e. The van der Waals surface area contributed by atoms with E-state index in [2.05, 4.69) is 15.7 Å². The molecule has 0 saturated carbocycles. The number of carboxylic acids is 1. The molecular formula is C14H16N4O3. The van der Waals surface area contributed by atoms with Gasteiger partial charge in [-0.25, -0.2) is 4.79 Å². The van der Waals surface area contributed by atoms with E-state index in [0.29, 0.717) is 17.9 Å². The fraction of sp³-hybridized carbons (Fsp3) is 0.214. The molecule has 0 saturated heterocycles. The molecule has 110 valence electrons. The largest absolute Gasteiger partial charge is 0.478 e. The maximum absolute atomic E-state index is 11.1. The molecule has 1 heterocycles. The second-order valence-electron chi connectivity index (χ2n) is 4.55. The lowest BCUT2D eigenvalue weighted by atomic mass is 10.2. The predicted octanol–water partition coefficient (Wildman–Crippen LogP) is 1.69. The Morgan fingerprint density at radius 2 is 2.05 bits per heavy atom. The number of anilines is 2. The SMILES string of the molecule is CC(=O)Nc1cccc(NCc2c(C(=O)O)cnn2C)c1. The number of amides is 1. The van der Waals surface area contributed by atoms with Crippen LogP contribution < -0.4 is 10.6 Å². The van der Waals surface area contributed by atoms with Gasteiger partial charge in [0, 0.05) is 25.3 Å². The third-order valence-corrected chi connectivity index (χ3v) is 2.93. The summed E-state index contributed by atoms with van der Waals surface area (Å²) in [5.41, 5.74) is 2.20. The van der Waals surface area contributed by atoms with E-state index in [1.165, 1.54) is 17.8 Å². The Bertz CT molecular complexity index is 679. The molecule has 0 aliphatic carbocycles. The number of carboxylic acid groups (broad SMARTS) is 1. The molecule has 2 rings (SSSR count). The Hall–Kier alpha value is -2.83. The zero-order valence-electron chi connectivity index (χ0n) is 11.8. The van der Waals surface area contributed by atoms with Gasteiger partial charge in [0.15, 0.2) is 0 Å². The number of rotatable bonds is 5. The molecule has 1 aromatic carbocycles. The van der Waals surface area contributed by atoms with Crippen LogP contribution in [0.15, 0.2) is 30.5 Å². The van der Waals surface area contributed by atoms with Crippen LogP contribution in [0, 0.1) is 0 Å². The molecule has 1 aromatic heterocycles. The van der Waals surface area contributed by atoms with Gasteiger partial charge in [0.05, 0.1) is 18.4 Å². The quantitative estimate of drug-likeness (QED) is 0.778. The summed E-state index contributed by atoms with van der Waals surface area (Å²) in [5, 5.41) is 18.8. The average Bonchev–Trinajstić information content (AvgIpc) is 2.77. The first kappa shape index (κ1) is 14.6. The van der Waals surface area contributed by atoms with Crippen LogP contribution in [-0.2, 0) is 18.4 Å². The summed E-state index contributed by atoms with van der Waals surface area (Å²) in [4.78, 5) is 22.1. The number of carbonyl (C=O) groups excluding carboxylic acids is 1. The van der Waals surface area contributed by atoms with Gasteiger partial charge in [-0.05, 0) is 18.2 Å². The molecule has 0 aliphatic heterocycles. The Kier molecular flexibility index (Phi) is 4.22. The molecule has 3 N–H and O–H groups in total. The van der Waals surface area contributed by atoms with Gasteiger partial charge in [-0.15, -0.1) is 0 Å². The van der Waals surface area contributed by atoms with Crippen LogP contribution in [0.5, 0.6) is 0 Å². The van der Waals surface area contributed by atoms with Gasteiger partial charge in [0.1, 0.15) is 5.56 Å². The maximum atomic E-state index is 11.1. The molecule has 0 radical (unpaired) electrons. The van der Waals surface area contributed by atoms with Gasteiger partial charge >= 0.3 is 5.97 Å². The van der Waals surface area contributed by atoms with Gasteiger partial charge in [0.2, 0.25) is 5.91 Å². The lowest BCUT2D eigenvalue weighted by Crippen LogP contribution is -2.10. The van der Waals surface area contributed by atoms with Crippen molar-refractivity contribution in [3.8, 4) is 0 Å². The van der Waals surface area contributed by atoms with E-state index >= 15 is 0 Å². The molecule has 7 nitrogen and oxygen atoms in total. The zero-order chi connectivity index (χ0) is 15.4. The Balaban J connectivity index is 2.11. The number of benzene rings is 1. The fourth-order valence-corrected chi connectivity index (χ4v) is 1.95. The molecule has 0 unspecified atom stereocenters. The standard InChI is InChI=1S/C14H16N4O3/c1-9(19)17-11-5-3-4-10(6-11)15-8-13-12(14(20)21)7-16-18(13)2/h3-7,15H,8H2,1-2H3,(H,17,19)(H,20,21). The van der Waals surface area contributed by atoms with E-state index in [9.17, 15) is 9.59 Å². The van der Waals surface area contributed by atoms with Gasteiger partial charge in [0.25, 0.3) is 0 Å². The fourth-order valence-electron chi connectivity index (χ4n) is 1.95. The lowest BCUT2D eigenvalue weighted by Gasteiger charge is -2.10. The van der Waals surface area contributed by atoms with Crippen molar-refractivity contribution >= 4 is 23.3 Å². The minimum absolute atomic E-state index is 0.146. The first-order valence-electron chi connectivity index (χ1n) is 6.33. The molecule has 1 amide bonds. The van der Waals surface area contributed by atoms with Crippen molar-refractivity contribution in [3.05, 3.63) is 41.7 Å². The van der Waals surface area contributed by atoms with Crippen LogP contribution >= 0.6 is 0 Å². The first-order chi connectivity index (χ1) is 9.97. The summed E-state index contributed by atoms with van der Waals surface area (Å²) in [6.45, 7) is 1.76.